The van der Waals surface area contributed by atoms with Gasteiger partial charge in [-0.25, -0.2) is 0 Å². The van der Waals surface area contributed by atoms with E-state index < -0.39 is 11.7 Å². The Morgan fingerprint density at radius 1 is 1.14 bits per heavy atom. The predicted octanol–water partition coefficient (Wildman–Crippen LogP) is 2.97. The van der Waals surface area contributed by atoms with Crippen molar-refractivity contribution in [1.82, 2.24) is 4.90 Å². The highest BCUT2D eigenvalue weighted by atomic mass is 79.9. The topological polar surface area (TPSA) is 26.7 Å². The van der Waals surface area contributed by atoms with Crippen LogP contribution in [0.15, 0.2) is 22.7 Å². The van der Waals surface area contributed by atoms with Crippen LogP contribution in [0.5, 0.6) is 0 Å². The van der Waals surface area contributed by atoms with Gasteiger partial charge in [0, 0.05) is 36.3 Å². The van der Waals surface area contributed by atoms with Gasteiger partial charge in [0.05, 0.1) is 12.2 Å². The monoisotopic (exact) mass is 366 g/mol. The van der Waals surface area contributed by atoms with Crippen molar-refractivity contribution in [3.8, 4) is 0 Å². The number of halogens is 4. The van der Waals surface area contributed by atoms with Crippen molar-refractivity contribution in [3.63, 3.8) is 0 Å². The second kappa shape index (κ2) is 6.98. The first-order chi connectivity index (χ1) is 9.91. The van der Waals surface area contributed by atoms with Gasteiger partial charge in [0.1, 0.15) is 0 Å². The molecule has 21 heavy (non-hydrogen) atoms. The van der Waals surface area contributed by atoms with Gasteiger partial charge in [0.15, 0.2) is 0 Å². The minimum absolute atomic E-state index is 0.0755. The molecule has 7 heteroatoms. The first kappa shape index (κ1) is 16.6. The number of alkyl halides is 3. The quantitative estimate of drug-likeness (QED) is 0.890. The Kier molecular flexibility index (Phi) is 5.51. The number of benzene rings is 1. The van der Waals surface area contributed by atoms with Crippen molar-refractivity contribution in [3.05, 3.63) is 28.2 Å². The van der Waals surface area contributed by atoms with Crippen LogP contribution in [0, 0.1) is 0 Å². The third kappa shape index (κ3) is 4.34. The number of hydrogen-bond donors (Lipinski definition) is 1. The van der Waals surface area contributed by atoms with Crippen molar-refractivity contribution in [2.45, 2.75) is 12.6 Å². The van der Waals surface area contributed by atoms with E-state index in [0.29, 0.717) is 30.7 Å². The summed E-state index contributed by atoms with van der Waals surface area (Å²) < 4.78 is 40.0. The molecule has 0 aromatic heterocycles. The fraction of sp³-hybridized carbons (Fsp3) is 0.571. The van der Waals surface area contributed by atoms with E-state index in [0.717, 1.165) is 19.0 Å². The number of aliphatic hydroxyl groups is 1. The zero-order valence-electron chi connectivity index (χ0n) is 11.5. The molecule has 1 N–H and O–H groups in total. The van der Waals surface area contributed by atoms with Crippen LogP contribution in [0.1, 0.15) is 12.0 Å². The van der Waals surface area contributed by atoms with Crippen LogP contribution in [0.25, 0.3) is 0 Å². The number of aliphatic hydroxyl groups excluding tert-OH is 1. The molecule has 0 bridgehead atoms. The number of nitrogens with zero attached hydrogens (tertiary/aromatic N) is 2. The zero-order valence-corrected chi connectivity index (χ0v) is 13.1. The van der Waals surface area contributed by atoms with Crippen molar-refractivity contribution in [2.24, 2.45) is 0 Å². The first-order valence-corrected chi connectivity index (χ1v) is 7.66. The predicted molar refractivity (Wildman–Crippen MR) is 79.5 cm³/mol. The van der Waals surface area contributed by atoms with Gasteiger partial charge in [-0.2, -0.15) is 13.2 Å². The standard InChI is InChI=1S/C14H18BrF3N2O/c15-11-2-3-13(12(10-11)14(16,17)18)20-5-1-4-19(6-7-20)8-9-21/h2-3,10,21H,1,4-9H2. The molecule has 0 amide bonds. The molecule has 1 aliphatic heterocycles. The Labute approximate surface area is 130 Å². The summed E-state index contributed by atoms with van der Waals surface area (Å²) >= 11 is 3.10. The molecule has 118 valence electrons. The zero-order chi connectivity index (χ0) is 15.5. The third-order valence-electron chi connectivity index (χ3n) is 3.61. The number of hydrogen-bond acceptors (Lipinski definition) is 3. The lowest BCUT2D eigenvalue weighted by Gasteiger charge is -2.26. The summed E-state index contributed by atoms with van der Waals surface area (Å²) in [7, 11) is 0. The van der Waals surface area contributed by atoms with Gasteiger partial charge < -0.3 is 10.0 Å². The smallest absolute Gasteiger partial charge is 0.395 e. The van der Waals surface area contributed by atoms with Crippen molar-refractivity contribution >= 4 is 21.6 Å². The lowest BCUT2D eigenvalue weighted by atomic mass is 10.1. The van der Waals surface area contributed by atoms with E-state index in [2.05, 4.69) is 20.8 Å². The minimum atomic E-state index is -4.36. The number of β-amino-alcohol motifs (C(OH)–C–C–N with tert-alkyl or cyclic N) is 1. The summed E-state index contributed by atoms with van der Waals surface area (Å²) in [6.07, 6.45) is -3.58. The van der Waals surface area contributed by atoms with E-state index in [1.54, 1.807) is 11.0 Å². The number of rotatable bonds is 3. The minimum Gasteiger partial charge on any atom is -0.395 e. The molecule has 0 saturated carbocycles. The highest BCUT2D eigenvalue weighted by Crippen LogP contribution is 2.38. The van der Waals surface area contributed by atoms with Gasteiger partial charge in [0.2, 0.25) is 0 Å². The third-order valence-corrected chi connectivity index (χ3v) is 4.10. The van der Waals surface area contributed by atoms with Gasteiger partial charge in [-0.15, -0.1) is 0 Å². The molecule has 0 aliphatic carbocycles. The maximum Gasteiger partial charge on any atom is 0.418 e. The second-order valence-corrected chi connectivity index (χ2v) is 5.98. The summed E-state index contributed by atoms with van der Waals surface area (Å²) in [5, 5.41) is 8.97. The van der Waals surface area contributed by atoms with Gasteiger partial charge in [0.25, 0.3) is 0 Å². The Morgan fingerprint density at radius 2 is 1.90 bits per heavy atom. The molecule has 3 nitrogen and oxygen atoms in total. The molecule has 0 unspecified atom stereocenters. The Bertz CT molecular complexity index is 482. The van der Waals surface area contributed by atoms with Gasteiger partial charge in [-0.3, -0.25) is 4.90 Å². The highest BCUT2D eigenvalue weighted by Gasteiger charge is 2.35. The van der Waals surface area contributed by atoms with E-state index >= 15 is 0 Å². The normalized spacial score (nSPS) is 17.9. The van der Waals surface area contributed by atoms with Gasteiger partial charge in [-0.1, -0.05) is 15.9 Å². The fourth-order valence-electron chi connectivity index (χ4n) is 2.59. The van der Waals surface area contributed by atoms with Gasteiger partial charge >= 0.3 is 6.18 Å². The molecule has 0 atom stereocenters. The van der Waals surface area contributed by atoms with E-state index in [-0.39, 0.29) is 12.3 Å². The molecule has 1 heterocycles. The summed E-state index contributed by atoms with van der Waals surface area (Å²) in [5.41, 5.74) is -0.371. The maximum atomic E-state index is 13.2. The molecule has 1 aromatic carbocycles. The summed E-state index contributed by atoms with van der Waals surface area (Å²) in [6.45, 7) is 3.23. The second-order valence-electron chi connectivity index (χ2n) is 5.07. The van der Waals surface area contributed by atoms with E-state index in [9.17, 15) is 13.2 Å². The molecular weight excluding hydrogens is 349 g/mol. The number of anilines is 1. The van der Waals surface area contributed by atoms with E-state index in [4.69, 9.17) is 5.11 Å². The highest BCUT2D eigenvalue weighted by molar-refractivity contribution is 9.10. The summed E-state index contributed by atoms with van der Waals surface area (Å²) in [6, 6.07) is 4.29. The Morgan fingerprint density at radius 3 is 2.57 bits per heavy atom. The molecule has 1 fully saturated rings. The molecule has 0 spiro atoms. The largest absolute Gasteiger partial charge is 0.418 e. The van der Waals surface area contributed by atoms with Crippen LogP contribution in [-0.4, -0.2) is 49.3 Å². The van der Waals surface area contributed by atoms with Crippen LogP contribution in [0.2, 0.25) is 0 Å². The average Bonchev–Trinajstić information content (AvgIpc) is 2.64. The molecule has 1 aliphatic rings. The summed E-state index contributed by atoms with van der Waals surface area (Å²) in [4.78, 5) is 3.86. The van der Waals surface area contributed by atoms with Gasteiger partial charge in [-0.05, 0) is 31.2 Å². The lowest BCUT2D eigenvalue weighted by Crippen LogP contribution is -2.33. The van der Waals surface area contributed by atoms with Crippen LogP contribution in [0.3, 0.4) is 0 Å². The molecular formula is C14H18BrF3N2O. The molecule has 2 rings (SSSR count). The summed E-state index contributed by atoms with van der Waals surface area (Å²) in [5.74, 6) is 0. The van der Waals surface area contributed by atoms with E-state index in [1.165, 1.54) is 6.07 Å². The van der Waals surface area contributed by atoms with E-state index in [1.807, 2.05) is 0 Å². The van der Waals surface area contributed by atoms with Crippen LogP contribution >= 0.6 is 15.9 Å². The van der Waals surface area contributed by atoms with Crippen molar-refractivity contribution < 1.29 is 18.3 Å². The van der Waals surface area contributed by atoms with Crippen LogP contribution < -0.4 is 4.90 Å². The Hall–Kier alpha value is -0.790. The van der Waals surface area contributed by atoms with Crippen molar-refractivity contribution in [1.29, 1.82) is 0 Å². The van der Waals surface area contributed by atoms with Crippen LogP contribution in [0.4, 0.5) is 18.9 Å². The molecule has 0 radical (unpaired) electrons. The fourth-order valence-corrected chi connectivity index (χ4v) is 2.95. The molecule has 1 aromatic rings. The van der Waals surface area contributed by atoms with Crippen molar-refractivity contribution in [2.75, 3.05) is 44.2 Å². The first-order valence-electron chi connectivity index (χ1n) is 6.86. The Balaban J connectivity index is 2.22. The molecule has 1 saturated heterocycles. The average molecular weight is 367 g/mol. The maximum absolute atomic E-state index is 13.2. The van der Waals surface area contributed by atoms with Crippen LogP contribution in [-0.2, 0) is 6.18 Å². The lowest BCUT2D eigenvalue weighted by molar-refractivity contribution is -0.137. The SMILES string of the molecule is OCCN1CCCN(c2ccc(Br)cc2C(F)(F)F)CC1.